The van der Waals surface area contributed by atoms with Crippen LogP contribution in [0.5, 0.6) is 5.75 Å². The topological polar surface area (TPSA) is 117 Å². The predicted molar refractivity (Wildman–Crippen MR) is 112 cm³/mol. The summed E-state index contributed by atoms with van der Waals surface area (Å²) in [5.41, 5.74) is 11.5. The van der Waals surface area contributed by atoms with Crippen LogP contribution in [0.2, 0.25) is 0 Å². The molecule has 0 fully saturated rings. The lowest BCUT2D eigenvalue weighted by atomic mass is 9.95. The van der Waals surface area contributed by atoms with Crippen LogP contribution >= 0.6 is 0 Å². The zero-order valence-corrected chi connectivity index (χ0v) is 16.4. The number of aromatic amines is 1. The van der Waals surface area contributed by atoms with E-state index in [0.29, 0.717) is 11.3 Å². The van der Waals surface area contributed by atoms with Crippen molar-refractivity contribution in [3.05, 3.63) is 76.9 Å². The number of carbonyl (C=O) groups is 2. The van der Waals surface area contributed by atoms with Crippen molar-refractivity contribution < 1.29 is 19.1 Å². The second kappa shape index (κ2) is 9.95. The van der Waals surface area contributed by atoms with E-state index in [1.165, 1.54) is 0 Å². The van der Waals surface area contributed by atoms with Crippen LogP contribution in [0, 0.1) is 0 Å². The minimum Gasteiger partial charge on any atom is -0.493 e. The molecule has 1 N–H and O–H groups in total. The Kier molecular flexibility index (Phi) is 6.87. The van der Waals surface area contributed by atoms with Crippen molar-refractivity contribution >= 4 is 11.8 Å². The number of nitrogens with zero attached hydrogens (tertiary/aromatic N) is 3. The average Bonchev–Trinajstić information content (AvgIpc) is 3.22. The van der Waals surface area contributed by atoms with Gasteiger partial charge in [0, 0.05) is 22.2 Å². The van der Waals surface area contributed by atoms with Crippen LogP contribution < -0.4 is 4.74 Å². The first-order valence-corrected chi connectivity index (χ1v) is 9.38. The molecule has 0 spiro atoms. The smallest absolute Gasteiger partial charge is 0.381 e. The molecule has 0 bridgehead atoms. The van der Waals surface area contributed by atoms with E-state index >= 15 is 0 Å². The Labute approximate surface area is 173 Å². The van der Waals surface area contributed by atoms with Crippen molar-refractivity contribution in [3.63, 3.8) is 0 Å². The summed E-state index contributed by atoms with van der Waals surface area (Å²) < 4.78 is 10.5. The normalized spacial score (nSPS) is 10.2. The monoisotopic (exact) mass is 404 g/mol. The highest BCUT2D eigenvalue weighted by Gasteiger charge is 2.26. The van der Waals surface area contributed by atoms with Gasteiger partial charge in [-0.05, 0) is 35.7 Å². The summed E-state index contributed by atoms with van der Waals surface area (Å²) in [7, 11) is 0. The van der Waals surface area contributed by atoms with Crippen LogP contribution in [0.1, 0.15) is 17.4 Å². The van der Waals surface area contributed by atoms with Crippen molar-refractivity contribution in [1.29, 1.82) is 0 Å². The fourth-order valence-electron chi connectivity index (χ4n) is 3.04. The van der Waals surface area contributed by atoms with Crippen LogP contribution in [0.4, 0.5) is 0 Å². The lowest BCUT2D eigenvalue weighted by Crippen LogP contribution is -2.18. The third-order valence-electron chi connectivity index (χ3n) is 4.30. The number of benzene rings is 2. The van der Waals surface area contributed by atoms with Crippen molar-refractivity contribution in [2.45, 2.75) is 6.92 Å². The Morgan fingerprint density at radius 1 is 1.10 bits per heavy atom. The van der Waals surface area contributed by atoms with Crippen LogP contribution in [-0.2, 0) is 9.53 Å². The fraction of sp³-hybridized carbons (Fsp3) is 0.182. The fourth-order valence-corrected chi connectivity index (χ4v) is 3.04. The highest BCUT2D eigenvalue weighted by Crippen LogP contribution is 2.36. The number of hydrogen-bond donors (Lipinski definition) is 1. The van der Waals surface area contributed by atoms with Gasteiger partial charge in [-0.25, -0.2) is 4.79 Å². The molecule has 3 aromatic rings. The van der Waals surface area contributed by atoms with E-state index in [1.54, 1.807) is 19.2 Å². The van der Waals surface area contributed by atoms with Gasteiger partial charge in [0.25, 0.3) is 5.78 Å². The Balaban J connectivity index is 2.02. The molecule has 0 unspecified atom stereocenters. The molecular weight excluding hydrogens is 384 g/mol. The number of ether oxygens (including phenoxy) is 2. The summed E-state index contributed by atoms with van der Waals surface area (Å²) in [5.74, 6) is -1.04. The Bertz CT molecular complexity index is 1090. The van der Waals surface area contributed by atoms with Gasteiger partial charge in [-0.15, -0.1) is 0 Å². The Hall–Kier alpha value is -4.03. The molecule has 3 rings (SSSR count). The van der Waals surface area contributed by atoms with Gasteiger partial charge in [0.2, 0.25) is 0 Å². The predicted octanol–water partition coefficient (Wildman–Crippen LogP) is 4.78. The highest BCUT2D eigenvalue weighted by molar-refractivity contribution is 6.41. The van der Waals surface area contributed by atoms with Gasteiger partial charge in [0.1, 0.15) is 11.4 Å². The summed E-state index contributed by atoms with van der Waals surface area (Å²) in [4.78, 5) is 30.4. The molecule has 0 aliphatic carbocycles. The quantitative estimate of drug-likeness (QED) is 0.105. The molecule has 1 heterocycles. The van der Waals surface area contributed by atoms with E-state index in [9.17, 15) is 9.59 Å². The van der Waals surface area contributed by atoms with Gasteiger partial charge in [-0.1, -0.05) is 47.6 Å². The second-order valence-electron chi connectivity index (χ2n) is 6.20. The number of aromatic nitrogens is 1. The van der Waals surface area contributed by atoms with Crippen LogP contribution in [0.3, 0.4) is 0 Å². The van der Waals surface area contributed by atoms with Crippen molar-refractivity contribution in [3.8, 4) is 28.0 Å². The average molecular weight is 404 g/mol. The van der Waals surface area contributed by atoms with E-state index in [4.69, 9.17) is 15.0 Å². The third kappa shape index (κ3) is 4.68. The largest absolute Gasteiger partial charge is 0.493 e. The van der Waals surface area contributed by atoms with E-state index in [0.717, 1.165) is 16.7 Å². The minimum absolute atomic E-state index is 0.119. The van der Waals surface area contributed by atoms with Crippen LogP contribution in [0.15, 0.2) is 65.9 Å². The van der Waals surface area contributed by atoms with Gasteiger partial charge < -0.3 is 14.5 Å². The molecule has 0 radical (unpaired) electrons. The maximum absolute atomic E-state index is 12.7. The van der Waals surface area contributed by atoms with Crippen molar-refractivity contribution in [1.82, 2.24) is 4.98 Å². The molecule has 152 valence electrons. The van der Waals surface area contributed by atoms with Crippen molar-refractivity contribution in [2.24, 2.45) is 5.11 Å². The molecule has 0 aliphatic rings. The van der Waals surface area contributed by atoms with Gasteiger partial charge >= 0.3 is 5.97 Å². The van der Waals surface area contributed by atoms with Crippen molar-refractivity contribution in [2.75, 3.05) is 19.8 Å². The number of Topliss-reactive ketones (excluding diaryl/α,β-unsaturated/α-hetero) is 1. The molecule has 0 atom stereocenters. The lowest BCUT2D eigenvalue weighted by Gasteiger charge is -2.10. The molecule has 30 heavy (non-hydrogen) atoms. The molecule has 0 saturated carbocycles. The molecule has 8 heteroatoms. The van der Waals surface area contributed by atoms with E-state index in [1.807, 2.05) is 48.5 Å². The van der Waals surface area contributed by atoms with E-state index < -0.39 is 11.8 Å². The first-order chi connectivity index (χ1) is 14.7. The number of esters is 1. The summed E-state index contributed by atoms with van der Waals surface area (Å²) in [5, 5.41) is 3.44. The highest BCUT2D eigenvalue weighted by atomic mass is 16.5. The molecule has 0 amide bonds. The molecule has 1 aromatic heterocycles. The number of hydrogen-bond acceptors (Lipinski definition) is 5. The van der Waals surface area contributed by atoms with Gasteiger partial charge in [0.05, 0.1) is 19.8 Å². The lowest BCUT2D eigenvalue weighted by molar-refractivity contribution is -0.137. The number of carbonyl (C=O) groups excluding carboxylic acids is 2. The van der Waals surface area contributed by atoms with Crippen LogP contribution in [0.25, 0.3) is 32.7 Å². The van der Waals surface area contributed by atoms with Crippen LogP contribution in [-0.4, -0.2) is 36.5 Å². The standard InChI is InChI=1S/C22H20N4O4/c1-2-29-22(28)21(27)20-19(15-7-4-3-5-8-15)18(14-24-20)16-9-6-10-17(13-16)30-12-11-25-26-23/h3-10,13-14,24H,2,11-12H2,1H3. The summed E-state index contributed by atoms with van der Waals surface area (Å²) in [6, 6.07) is 16.7. The summed E-state index contributed by atoms with van der Waals surface area (Å²) in [6.07, 6.45) is 1.69. The first-order valence-electron chi connectivity index (χ1n) is 9.38. The first kappa shape index (κ1) is 20.7. The molecule has 2 aromatic carbocycles. The number of ketones is 1. The molecule has 0 saturated heterocycles. The zero-order chi connectivity index (χ0) is 21.3. The van der Waals surface area contributed by atoms with Gasteiger partial charge in [0.15, 0.2) is 0 Å². The zero-order valence-electron chi connectivity index (χ0n) is 16.4. The molecular formula is C22H20N4O4. The number of rotatable bonds is 9. The van der Waals surface area contributed by atoms with Gasteiger partial charge in [-0.3, -0.25) is 4.79 Å². The molecule has 0 aliphatic heterocycles. The minimum atomic E-state index is -0.904. The maximum Gasteiger partial charge on any atom is 0.381 e. The maximum atomic E-state index is 12.7. The Morgan fingerprint density at radius 3 is 2.60 bits per heavy atom. The summed E-state index contributed by atoms with van der Waals surface area (Å²) >= 11 is 0. The summed E-state index contributed by atoms with van der Waals surface area (Å²) in [6.45, 7) is 2.24. The Morgan fingerprint density at radius 2 is 1.87 bits per heavy atom. The third-order valence-corrected chi connectivity index (χ3v) is 4.30. The van der Waals surface area contributed by atoms with E-state index in [2.05, 4.69) is 15.0 Å². The number of nitrogens with one attached hydrogen (secondary N) is 1. The van der Waals surface area contributed by atoms with Gasteiger partial charge in [-0.2, -0.15) is 0 Å². The van der Waals surface area contributed by atoms with E-state index in [-0.39, 0.29) is 25.5 Å². The number of H-pyrrole nitrogens is 1. The SMILES string of the molecule is CCOC(=O)C(=O)c1[nH]cc(-c2cccc(OCCN=[N+]=[N-])c2)c1-c1ccccc1. The number of azide groups is 1. The molecule has 8 nitrogen and oxygen atoms in total. The second-order valence-corrected chi connectivity index (χ2v) is 6.20.